The first kappa shape index (κ1) is 15.3. The van der Waals surface area contributed by atoms with Gasteiger partial charge in [0.2, 0.25) is 5.92 Å². The van der Waals surface area contributed by atoms with Crippen molar-refractivity contribution in [1.82, 2.24) is 4.90 Å². The second-order valence-electron chi connectivity index (χ2n) is 5.03. The van der Waals surface area contributed by atoms with Crippen LogP contribution in [0.4, 0.5) is 8.78 Å². The molecule has 1 aliphatic carbocycles. The van der Waals surface area contributed by atoms with E-state index in [1.54, 1.807) is 7.11 Å². The van der Waals surface area contributed by atoms with Crippen LogP contribution in [0.15, 0.2) is 0 Å². The normalized spacial score (nSPS) is 22.6. The highest BCUT2D eigenvalue weighted by Crippen LogP contribution is 2.39. The Balaban J connectivity index is 2.37. The summed E-state index contributed by atoms with van der Waals surface area (Å²) in [4.78, 5) is 2.07. The average Bonchev–Trinajstić information content (AvgIpc) is 2.62. The summed E-state index contributed by atoms with van der Waals surface area (Å²) in [7, 11) is 1.62. The van der Waals surface area contributed by atoms with E-state index >= 15 is 0 Å². The summed E-state index contributed by atoms with van der Waals surface area (Å²) in [5.41, 5.74) is 5.33. The Morgan fingerprint density at radius 2 is 2.22 bits per heavy atom. The van der Waals surface area contributed by atoms with Crippen LogP contribution in [-0.4, -0.2) is 50.0 Å². The summed E-state index contributed by atoms with van der Waals surface area (Å²) in [5, 5.41) is 7.21. The molecule has 106 valence electrons. The van der Waals surface area contributed by atoms with Gasteiger partial charge in [0.05, 0.1) is 12.4 Å². The molecule has 1 saturated carbocycles. The predicted octanol–water partition coefficient (Wildman–Crippen LogP) is 1.70. The van der Waals surface area contributed by atoms with E-state index in [1.165, 1.54) is 0 Å². The smallest absolute Gasteiger partial charge is 0.248 e. The zero-order valence-electron chi connectivity index (χ0n) is 10.9. The fourth-order valence-corrected chi connectivity index (χ4v) is 2.36. The minimum atomic E-state index is -2.49. The van der Waals surface area contributed by atoms with Crippen LogP contribution in [0.1, 0.15) is 25.7 Å². The number of nitrogens with zero attached hydrogens (tertiary/aromatic N) is 1. The quantitative estimate of drug-likeness (QED) is 0.517. The predicted molar refractivity (Wildman–Crippen MR) is 67.1 cm³/mol. The molecule has 4 nitrogen and oxygen atoms in total. The molecular weight excluding hydrogens is 240 g/mol. The lowest BCUT2D eigenvalue weighted by Crippen LogP contribution is -2.34. The van der Waals surface area contributed by atoms with Gasteiger partial charge in [0.1, 0.15) is 0 Å². The van der Waals surface area contributed by atoms with Crippen LogP contribution in [0.2, 0.25) is 0 Å². The van der Waals surface area contributed by atoms with Crippen molar-refractivity contribution < 1.29 is 13.5 Å². The minimum absolute atomic E-state index is 0.00247. The fraction of sp³-hybridized carbons (Fsp3) is 0.917. The van der Waals surface area contributed by atoms with E-state index in [0.29, 0.717) is 39.1 Å². The first-order chi connectivity index (χ1) is 8.43. The Hall–Kier alpha value is -0.750. The van der Waals surface area contributed by atoms with Gasteiger partial charge in [-0.3, -0.25) is 5.41 Å². The topological polar surface area (TPSA) is 62.3 Å². The van der Waals surface area contributed by atoms with Crippen molar-refractivity contribution in [2.24, 2.45) is 11.7 Å². The zero-order valence-corrected chi connectivity index (χ0v) is 10.9. The molecule has 0 radical (unpaired) electrons. The van der Waals surface area contributed by atoms with Gasteiger partial charge >= 0.3 is 0 Å². The number of alkyl halides is 2. The fourth-order valence-electron chi connectivity index (χ4n) is 2.36. The van der Waals surface area contributed by atoms with Crippen molar-refractivity contribution in [3.05, 3.63) is 0 Å². The van der Waals surface area contributed by atoms with Gasteiger partial charge in [-0.2, -0.15) is 0 Å². The Bertz CT molecular complexity index is 274. The van der Waals surface area contributed by atoms with Gasteiger partial charge in [0.25, 0.3) is 0 Å². The molecule has 0 amide bonds. The lowest BCUT2D eigenvalue weighted by Gasteiger charge is -2.25. The highest BCUT2D eigenvalue weighted by molar-refractivity contribution is 5.76. The standard InChI is InChI=1S/C12H23F2N3O/c1-18-7-6-17(5-3-11(15)16)9-10-2-4-12(13,14)8-10/h10H,2-9H2,1H3,(H3,15,16). The maximum absolute atomic E-state index is 13.1. The van der Waals surface area contributed by atoms with Crippen molar-refractivity contribution >= 4 is 5.84 Å². The highest BCUT2D eigenvalue weighted by atomic mass is 19.3. The molecule has 1 rings (SSSR count). The molecule has 3 N–H and O–H groups in total. The molecule has 0 spiro atoms. The van der Waals surface area contributed by atoms with Gasteiger partial charge in [0.15, 0.2) is 0 Å². The van der Waals surface area contributed by atoms with Crippen LogP contribution in [0, 0.1) is 11.3 Å². The number of hydrogen-bond acceptors (Lipinski definition) is 3. The monoisotopic (exact) mass is 263 g/mol. The molecule has 0 bridgehead atoms. The Morgan fingerprint density at radius 1 is 1.50 bits per heavy atom. The third-order valence-electron chi connectivity index (χ3n) is 3.33. The number of nitrogens with two attached hydrogens (primary N) is 1. The molecule has 0 saturated heterocycles. The lowest BCUT2D eigenvalue weighted by atomic mass is 10.1. The SMILES string of the molecule is COCCN(CCC(=N)N)CC1CCC(F)(F)C1. The molecule has 1 atom stereocenters. The second-order valence-corrected chi connectivity index (χ2v) is 5.03. The van der Waals surface area contributed by atoms with E-state index < -0.39 is 5.92 Å². The zero-order chi connectivity index (χ0) is 13.6. The van der Waals surface area contributed by atoms with Crippen molar-refractivity contribution in [1.29, 1.82) is 5.41 Å². The van der Waals surface area contributed by atoms with Crippen LogP contribution < -0.4 is 5.73 Å². The maximum atomic E-state index is 13.1. The average molecular weight is 263 g/mol. The van der Waals surface area contributed by atoms with Crippen molar-refractivity contribution in [2.45, 2.75) is 31.6 Å². The summed E-state index contributed by atoms with van der Waals surface area (Å²) in [5.74, 6) is -2.31. The summed E-state index contributed by atoms with van der Waals surface area (Å²) >= 11 is 0. The van der Waals surface area contributed by atoms with E-state index in [9.17, 15) is 8.78 Å². The third kappa shape index (κ3) is 5.73. The van der Waals surface area contributed by atoms with E-state index in [2.05, 4.69) is 4.90 Å². The van der Waals surface area contributed by atoms with E-state index in [0.717, 1.165) is 0 Å². The Kier molecular flexibility index (Phi) is 5.95. The van der Waals surface area contributed by atoms with Crippen molar-refractivity contribution in [3.8, 4) is 0 Å². The summed E-state index contributed by atoms with van der Waals surface area (Å²) < 4.78 is 31.2. The van der Waals surface area contributed by atoms with Crippen LogP contribution in [0.25, 0.3) is 0 Å². The van der Waals surface area contributed by atoms with Gasteiger partial charge in [-0.1, -0.05) is 0 Å². The third-order valence-corrected chi connectivity index (χ3v) is 3.33. The summed E-state index contributed by atoms with van der Waals surface area (Å²) in [6.07, 6.45) is 1.04. The van der Waals surface area contributed by atoms with Crippen LogP contribution >= 0.6 is 0 Å². The van der Waals surface area contributed by atoms with Gasteiger partial charge in [-0.05, 0) is 12.3 Å². The van der Waals surface area contributed by atoms with E-state index in [4.69, 9.17) is 15.9 Å². The molecule has 6 heteroatoms. The number of halogens is 2. The van der Waals surface area contributed by atoms with Gasteiger partial charge in [0, 0.05) is 46.0 Å². The van der Waals surface area contributed by atoms with E-state index in [1.807, 2.05) is 0 Å². The van der Waals surface area contributed by atoms with Gasteiger partial charge < -0.3 is 15.4 Å². The number of hydrogen-bond donors (Lipinski definition) is 2. The first-order valence-corrected chi connectivity index (χ1v) is 6.35. The molecule has 18 heavy (non-hydrogen) atoms. The Labute approximate surface area is 107 Å². The molecule has 0 aliphatic heterocycles. The van der Waals surface area contributed by atoms with E-state index in [-0.39, 0.29) is 24.6 Å². The molecule has 1 unspecified atom stereocenters. The number of methoxy groups -OCH3 is 1. The first-order valence-electron chi connectivity index (χ1n) is 6.35. The maximum Gasteiger partial charge on any atom is 0.248 e. The molecule has 1 fully saturated rings. The second kappa shape index (κ2) is 6.99. The number of ether oxygens (including phenoxy) is 1. The van der Waals surface area contributed by atoms with Crippen LogP contribution in [0.3, 0.4) is 0 Å². The molecule has 0 aromatic carbocycles. The molecule has 0 aromatic heterocycles. The van der Waals surface area contributed by atoms with Gasteiger partial charge in [-0.25, -0.2) is 8.78 Å². The Morgan fingerprint density at radius 3 is 2.72 bits per heavy atom. The highest BCUT2D eigenvalue weighted by Gasteiger charge is 2.39. The minimum Gasteiger partial charge on any atom is -0.388 e. The molecule has 1 aliphatic rings. The number of rotatable bonds is 8. The van der Waals surface area contributed by atoms with Crippen molar-refractivity contribution in [2.75, 3.05) is 33.4 Å². The lowest BCUT2D eigenvalue weighted by molar-refractivity contribution is 0.00314. The van der Waals surface area contributed by atoms with Crippen LogP contribution in [-0.2, 0) is 4.74 Å². The summed E-state index contributed by atoms with van der Waals surface area (Å²) in [6, 6.07) is 0. The van der Waals surface area contributed by atoms with Gasteiger partial charge in [-0.15, -0.1) is 0 Å². The van der Waals surface area contributed by atoms with Crippen molar-refractivity contribution in [3.63, 3.8) is 0 Å². The number of amidine groups is 1. The molecular formula is C12H23F2N3O. The molecule has 0 heterocycles. The molecule has 0 aromatic rings. The number of nitrogens with one attached hydrogen (secondary N) is 1. The summed E-state index contributed by atoms with van der Waals surface area (Å²) in [6.45, 7) is 2.56. The van der Waals surface area contributed by atoms with Crippen LogP contribution in [0.5, 0.6) is 0 Å². The largest absolute Gasteiger partial charge is 0.388 e.